The van der Waals surface area contributed by atoms with Crippen LogP contribution in [0.1, 0.15) is 53.3 Å². The van der Waals surface area contributed by atoms with Gasteiger partial charge in [-0.1, -0.05) is 11.6 Å². The van der Waals surface area contributed by atoms with Crippen molar-refractivity contribution in [1.29, 1.82) is 0 Å². The second-order valence-corrected chi connectivity index (χ2v) is 10.1. The SMILES string of the molecule is CC(C)(C)OC(=O)NCC(=Cc1ccc(Cl)s1)B1OC(C)(C)C(C)(C)O1. The molecule has 0 radical (unpaired) electrons. The fraction of sp³-hybridized carbons (Fsp3) is 0.611. The summed E-state index contributed by atoms with van der Waals surface area (Å²) in [5.41, 5.74) is -0.682. The van der Waals surface area contributed by atoms with Crippen molar-refractivity contribution in [2.45, 2.75) is 65.3 Å². The zero-order valence-electron chi connectivity index (χ0n) is 16.4. The van der Waals surface area contributed by atoms with Crippen molar-refractivity contribution < 1.29 is 18.8 Å². The van der Waals surface area contributed by atoms with Gasteiger partial charge in [0.1, 0.15) is 5.60 Å². The van der Waals surface area contributed by atoms with Crippen LogP contribution in [0.2, 0.25) is 4.34 Å². The number of carbonyl (C=O) groups is 1. The summed E-state index contributed by atoms with van der Waals surface area (Å²) in [5, 5.41) is 2.78. The highest BCUT2D eigenvalue weighted by Crippen LogP contribution is 2.39. The highest BCUT2D eigenvalue weighted by Gasteiger charge is 2.52. The average Bonchev–Trinajstić information content (AvgIpc) is 2.93. The number of carbonyl (C=O) groups excluding carboxylic acids is 1. The van der Waals surface area contributed by atoms with Crippen molar-refractivity contribution >= 4 is 42.2 Å². The van der Waals surface area contributed by atoms with E-state index in [-0.39, 0.29) is 6.54 Å². The van der Waals surface area contributed by atoms with Crippen molar-refractivity contribution in [2.24, 2.45) is 0 Å². The van der Waals surface area contributed by atoms with E-state index in [0.29, 0.717) is 4.34 Å². The lowest BCUT2D eigenvalue weighted by molar-refractivity contribution is 0.00578. The van der Waals surface area contributed by atoms with Crippen LogP contribution in [0.4, 0.5) is 4.79 Å². The average molecular weight is 400 g/mol. The monoisotopic (exact) mass is 399 g/mol. The number of hydrogen-bond donors (Lipinski definition) is 1. The van der Waals surface area contributed by atoms with Crippen LogP contribution < -0.4 is 5.32 Å². The predicted molar refractivity (Wildman–Crippen MR) is 108 cm³/mol. The molecule has 5 nitrogen and oxygen atoms in total. The van der Waals surface area contributed by atoms with Gasteiger partial charge >= 0.3 is 13.2 Å². The first-order valence-corrected chi connectivity index (χ1v) is 9.77. The van der Waals surface area contributed by atoms with Crippen LogP contribution >= 0.6 is 22.9 Å². The quantitative estimate of drug-likeness (QED) is 0.728. The summed E-state index contributed by atoms with van der Waals surface area (Å²) in [6, 6.07) is 3.76. The minimum Gasteiger partial charge on any atom is -0.444 e. The molecule has 8 heteroatoms. The lowest BCUT2D eigenvalue weighted by atomic mass is 9.77. The smallest absolute Gasteiger partial charge is 0.444 e. The molecule has 1 saturated heterocycles. The van der Waals surface area contributed by atoms with E-state index in [1.54, 1.807) is 0 Å². The third-order valence-corrected chi connectivity index (χ3v) is 5.49. The Morgan fingerprint density at radius 2 is 1.85 bits per heavy atom. The molecule has 2 heterocycles. The summed E-state index contributed by atoms with van der Waals surface area (Å²) in [4.78, 5) is 13.0. The first-order valence-electron chi connectivity index (χ1n) is 8.57. The molecule has 1 fully saturated rings. The number of ether oxygens (including phenoxy) is 1. The Labute approximate surface area is 165 Å². The molecule has 0 unspecified atom stereocenters. The number of rotatable bonds is 4. The molecule has 1 aromatic heterocycles. The lowest BCUT2D eigenvalue weighted by Gasteiger charge is -2.32. The maximum Gasteiger partial charge on any atom is 0.492 e. The summed E-state index contributed by atoms with van der Waals surface area (Å²) in [7, 11) is -0.559. The normalized spacial score (nSPS) is 19.5. The first-order chi connectivity index (χ1) is 11.8. The molecule has 0 spiro atoms. The number of halogens is 1. The molecule has 1 aromatic rings. The molecule has 144 valence electrons. The number of alkyl carbamates (subject to hydrolysis) is 1. The largest absolute Gasteiger partial charge is 0.492 e. The molecule has 0 aromatic carbocycles. The second-order valence-electron chi connectivity index (χ2n) is 8.30. The van der Waals surface area contributed by atoms with E-state index in [0.717, 1.165) is 10.3 Å². The van der Waals surface area contributed by atoms with Gasteiger partial charge in [-0.3, -0.25) is 0 Å². The Morgan fingerprint density at radius 3 is 2.31 bits per heavy atom. The van der Waals surface area contributed by atoms with Gasteiger partial charge < -0.3 is 19.4 Å². The number of thiophene rings is 1. The zero-order valence-corrected chi connectivity index (χ0v) is 18.0. The van der Waals surface area contributed by atoms with Crippen molar-refractivity contribution in [3.8, 4) is 0 Å². The Bertz CT molecular complexity index is 678. The van der Waals surface area contributed by atoms with Gasteiger partial charge in [0.05, 0.1) is 15.5 Å². The van der Waals surface area contributed by atoms with Crippen molar-refractivity contribution in [2.75, 3.05) is 6.54 Å². The molecule has 0 saturated carbocycles. The molecule has 1 amide bonds. The van der Waals surface area contributed by atoms with Crippen molar-refractivity contribution in [3.63, 3.8) is 0 Å². The highest BCUT2D eigenvalue weighted by molar-refractivity contribution is 7.17. The predicted octanol–water partition coefficient (Wildman–Crippen LogP) is 4.94. The number of hydrogen-bond acceptors (Lipinski definition) is 5. The van der Waals surface area contributed by atoms with Gasteiger partial charge in [0.15, 0.2) is 0 Å². The van der Waals surface area contributed by atoms with Gasteiger partial charge in [-0.15, -0.1) is 11.3 Å². The zero-order chi connectivity index (χ0) is 19.8. The molecule has 1 aliphatic heterocycles. The van der Waals surface area contributed by atoms with E-state index in [9.17, 15) is 4.79 Å². The molecule has 1 aliphatic rings. The molecule has 1 N–H and O–H groups in total. The standard InChI is InChI=1S/C18H27BClNO4S/c1-16(2,3)23-15(22)21-11-12(10-13-8-9-14(20)26-13)19-24-17(4,5)18(6,7)25-19/h8-10H,11H2,1-7H3,(H,21,22). The van der Waals surface area contributed by atoms with Crippen molar-refractivity contribution in [1.82, 2.24) is 5.32 Å². The maximum absolute atomic E-state index is 12.0. The molecule has 26 heavy (non-hydrogen) atoms. The van der Waals surface area contributed by atoms with Gasteiger partial charge in [0.2, 0.25) is 0 Å². The minimum atomic E-state index is -0.559. The van der Waals surface area contributed by atoms with E-state index in [2.05, 4.69) is 5.32 Å². The summed E-state index contributed by atoms with van der Waals surface area (Å²) < 4.78 is 18.3. The van der Waals surface area contributed by atoms with E-state index in [1.165, 1.54) is 11.3 Å². The molecular weight excluding hydrogens is 373 g/mol. The second kappa shape index (κ2) is 7.54. The van der Waals surface area contributed by atoms with Gasteiger partial charge in [-0.05, 0) is 72.1 Å². The topological polar surface area (TPSA) is 56.8 Å². The van der Waals surface area contributed by atoms with E-state index in [4.69, 9.17) is 25.6 Å². The maximum atomic E-state index is 12.0. The number of amides is 1. The minimum absolute atomic E-state index is 0.251. The van der Waals surface area contributed by atoms with E-state index >= 15 is 0 Å². The van der Waals surface area contributed by atoms with Crippen LogP contribution in [-0.2, 0) is 14.0 Å². The van der Waals surface area contributed by atoms with Gasteiger partial charge in [0.25, 0.3) is 0 Å². The Hall–Kier alpha value is -1.02. The van der Waals surface area contributed by atoms with Crippen LogP contribution in [-0.4, -0.2) is 36.6 Å². The summed E-state index contributed by atoms with van der Waals surface area (Å²) >= 11 is 7.48. The Morgan fingerprint density at radius 1 is 1.27 bits per heavy atom. The number of nitrogens with one attached hydrogen (secondary N) is 1. The van der Waals surface area contributed by atoms with Crippen LogP contribution in [0, 0.1) is 0 Å². The third kappa shape index (κ3) is 5.49. The highest BCUT2D eigenvalue weighted by atomic mass is 35.5. The Balaban J connectivity index is 2.18. The van der Waals surface area contributed by atoms with E-state index in [1.807, 2.05) is 66.7 Å². The summed E-state index contributed by atoms with van der Waals surface area (Å²) in [6.45, 7) is 13.7. The molecular formula is C18H27BClNO4S. The molecule has 0 bridgehead atoms. The van der Waals surface area contributed by atoms with Gasteiger partial charge in [-0.25, -0.2) is 4.79 Å². The summed E-state index contributed by atoms with van der Waals surface area (Å²) in [6.07, 6.45) is 1.46. The fourth-order valence-electron chi connectivity index (χ4n) is 2.27. The van der Waals surface area contributed by atoms with Gasteiger partial charge in [-0.2, -0.15) is 0 Å². The summed E-state index contributed by atoms with van der Waals surface area (Å²) in [5.74, 6) is 0. The fourth-order valence-corrected chi connectivity index (χ4v) is 3.31. The Kier molecular flexibility index (Phi) is 6.18. The van der Waals surface area contributed by atoms with Crippen LogP contribution in [0.15, 0.2) is 17.6 Å². The van der Waals surface area contributed by atoms with Crippen LogP contribution in [0.25, 0.3) is 6.08 Å². The molecule has 2 rings (SSSR count). The third-order valence-electron chi connectivity index (χ3n) is 4.31. The first kappa shape index (κ1) is 21.3. The lowest BCUT2D eigenvalue weighted by Crippen LogP contribution is -2.41. The van der Waals surface area contributed by atoms with Crippen LogP contribution in [0.5, 0.6) is 0 Å². The van der Waals surface area contributed by atoms with E-state index < -0.39 is 30.0 Å². The molecule has 0 aliphatic carbocycles. The van der Waals surface area contributed by atoms with Crippen LogP contribution in [0.3, 0.4) is 0 Å². The van der Waals surface area contributed by atoms with Gasteiger partial charge in [0, 0.05) is 11.4 Å². The van der Waals surface area contributed by atoms with Crippen molar-refractivity contribution in [3.05, 3.63) is 26.8 Å². The molecule has 0 atom stereocenters.